The van der Waals surface area contributed by atoms with Crippen molar-refractivity contribution in [2.24, 2.45) is 0 Å². The molecule has 2 aromatic carbocycles. The van der Waals surface area contributed by atoms with Crippen LogP contribution in [-0.2, 0) is 4.74 Å². The molecule has 0 spiro atoms. The molecule has 1 aliphatic heterocycles. The van der Waals surface area contributed by atoms with Crippen molar-refractivity contribution in [2.45, 2.75) is 51.3 Å². The second-order valence-electron chi connectivity index (χ2n) is 7.43. The minimum Gasteiger partial charge on any atom is -0.410 e. The lowest BCUT2D eigenvalue weighted by Crippen LogP contribution is -2.50. The molecule has 0 saturated carbocycles. The van der Waals surface area contributed by atoms with Gasteiger partial charge in [-0.05, 0) is 51.3 Å². The number of para-hydroxylation sites is 1. The van der Waals surface area contributed by atoms with Gasteiger partial charge in [0.15, 0.2) is 0 Å². The predicted molar refractivity (Wildman–Crippen MR) is 102 cm³/mol. The molecule has 0 bridgehead atoms. The molecule has 0 N–H and O–H groups in total. The van der Waals surface area contributed by atoms with Crippen molar-refractivity contribution < 1.29 is 14.3 Å². The van der Waals surface area contributed by atoms with Crippen molar-refractivity contribution >= 4 is 6.09 Å². The Hall–Kier alpha value is -2.33. The van der Waals surface area contributed by atoms with E-state index in [0.29, 0.717) is 12.4 Å². The molecule has 0 unspecified atom stereocenters. The van der Waals surface area contributed by atoms with Crippen LogP contribution in [0.25, 0.3) is 0 Å². The maximum atomic E-state index is 13.1. The van der Waals surface area contributed by atoms with Gasteiger partial charge >= 0.3 is 6.09 Å². The predicted octanol–water partition coefficient (Wildman–Crippen LogP) is 5.21. The topological polar surface area (TPSA) is 38.8 Å². The number of hydrogen-bond donors (Lipinski definition) is 0. The fraction of sp³-hybridized carbons (Fsp3) is 0.409. The number of amides is 1. The molecular weight excluding hydrogens is 326 g/mol. The first kappa shape index (κ1) is 18.5. The Bertz CT molecular complexity index is 715. The van der Waals surface area contributed by atoms with Crippen LogP contribution in [0.15, 0.2) is 60.7 Å². The Morgan fingerprint density at radius 1 is 1.12 bits per heavy atom. The van der Waals surface area contributed by atoms with Gasteiger partial charge in [0.2, 0.25) is 0 Å². The quantitative estimate of drug-likeness (QED) is 0.758. The number of carbonyl (C=O) groups is 1. The SMILES string of the molecule is C[C@@H](c1ccccc1)N(C(=O)Oc1ccccc1)[C@@H]1CCOC(C)(C)C1. The molecule has 2 aromatic rings. The van der Waals surface area contributed by atoms with Crippen molar-refractivity contribution in [3.63, 3.8) is 0 Å². The van der Waals surface area contributed by atoms with Crippen LogP contribution in [-0.4, -0.2) is 29.2 Å². The molecule has 0 radical (unpaired) electrons. The van der Waals surface area contributed by atoms with Gasteiger partial charge < -0.3 is 9.47 Å². The Morgan fingerprint density at radius 3 is 2.35 bits per heavy atom. The zero-order valence-electron chi connectivity index (χ0n) is 15.7. The van der Waals surface area contributed by atoms with Crippen LogP contribution in [0.1, 0.15) is 45.2 Å². The van der Waals surface area contributed by atoms with Crippen molar-refractivity contribution in [2.75, 3.05) is 6.61 Å². The third-order valence-corrected chi connectivity index (χ3v) is 4.92. The molecule has 1 heterocycles. The minimum absolute atomic E-state index is 0.0742. The molecule has 138 valence electrons. The maximum absolute atomic E-state index is 13.1. The number of nitrogens with zero attached hydrogens (tertiary/aromatic N) is 1. The second-order valence-corrected chi connectivity index (χ2v) is 7.43. The summed E-state index contributed by atoms with van der Waals surface area (Å²) < 4.78 is 11.5. The smallest absolute Gasteiger partial charge is 0.410 e. The van der Waals surface area contributed by atoms with Crippen molar-refractivity contribution in [1.29, 1.82) is 0 Å². The number of carbonyl (C=O) groups excluding carboxylic acids is 1. The summed E-state index contributed by atoms with van der Waals surface area (Å²) in [6.07, 6.45) is 1.29. The molecule has 2 atom stereocenters. The first-order valence-corrected chi connectivity index (χ1v) is 9.20. The Morgan fingerprint density at radius 2 is 1.73 bits per heavy atom. The van der Waals surface area contributed by atoms with E-state index >= 15 is 0 Å². The van der Waals surface area contributed by atoms with Gasteiger partial charge in [-0.3, -0.25) is 4.90 Å². The van der Waals surface area contributed by atoms with Gasteiger partial charge in [-0.15, -0.1) is 0 Å². The monoisotopic (exact) mass is 353 g/mol. The highest BCUT2D eigenvalue weighted by Gasteiger charge is 2.37. The minimum atomic E-state index is -0.310. The van der Waals surface area contributed by atoms with E-state index in [4.69, 9.17) is 9.47 Å². The van der Waals surface area contributed by atoms with Crippen LogP contribution >= 0.6 is 0 Å². The standard InChI is InChI=1S/C22H27NO3/c1-17(18-10-6-4-7-11-18)23(19-14-15-25-22(2,3)16-19)21(24)26-20-12-8-5-9-13-20/h4-13,17,19H,14-16H2,1-3H3/t17-,19+/m0/s1. The fourth-order valence-electron chi connectivity index (χ4n) is 3.59. The van der Waals surface area contributed by atoms with Gasteiger partial charge in [-0.2, -0.15) is 0 Å². The molecule has 1 aliphatic rings. The van der Waals surface area contributed by atoms with Crippen LogP contribution in [0.3, 0.4) is 0 Å². The molecule has 3 rings (SSSR count). The summed E-state index contributed by atoms with van der Waals surface area (Å²) in [5.41, 5.74) is 0.853. The molecule has 4 nitrogen and oxygen atoms in total. The van der Waals surface area contributed by atoms with E-state index in [0.717, 1.165) is 18.4 Å². The highest BCUT2D eigenvalue weighted by Crippen LogP contribution is 2.33. The van der Waals surface area contributed by atoms with Gasteiger partial charge in [0.25, 0.3) is 0 Å². The highest BCUT2D eigenvalue weighted by molar-refractivity contribution is 5.71. The normalized spacial score (nSPS) is 20.2. The number of benzene rings is 2. The maximum Gasteiger partial charge on any atom is 0.415 e. The Kier molecular flexibility index (Phi) is 5.62. The van der Waals surface area contributed by atoms with Gasteiger partial charge in [-0.1, -0.05) is 48.5 Å². The average molecular weight is 353 g/mol. The summed E-state index contributed by atoms with van der Waals surface area (Å²) in [5.74, 6) is 0.564. The van der Waals surface area contributed by atoms with Crippen LogP contribution < -0.4 is 4.74 Å². The second kappa shape index (κ2) is 7.92. The summed E-state index contributed by atoms with van der Waals surface area (Å²) in [6, 6.07) is 19.3. The van der Waals surface area contributed by atoms with Crippen molar-refractivity contribution in [3.05, 3.63) is 66.2 Å². The summed E-state index contributed by atoms with van der Waals surface area (Å²) in [4.78, 5) is 15.0. The number of rotatable bonds is 4. The van der Waals surface area contributed by atoms with Crippen molar-refractivity contribution in [1.82, 2.24) is 4.90 Å². The summed E-state index contributed by atoms with van der Waals surface area (Å²) in [6.45, 7) is 6.86. The Balaban J connectivity index is 1.86. The van der Waals surface area contributed by atoms with Crippen LogP contribution in [0, 0.1) is 0 Å². The van der Waals surface area contributed by atoms with Gasteiger partial charge in [0.05, 0.1) is 11.6 Å². The van der Waals surface area contributed by atoms with E-state index in [1.807, 2.05) is 41.3 Å². The van der Waals surface area contributed by atoms with Gasteiger partial charge in [-0.25, -0.2) is 4.79 Å². The highest BCUT2D eigenvalue weighted by atomic mass is 16.6. The van der Waals surface area contributed by atoms with Gasteiger partial charge in [0, 0.05) is 12.6 Å². The van der Waals surface area contributed by atoms with Gasteiger partial charge in [0.1, 0.15) is 5.75 Å². The average Bonchev–Trinajstić information content (AvgIpc) is 2.62. The van der Waals surface area contributed by atoms with Crippen LogP contribution in [0.4, 0.5) is 4.79 Å². The zero-order valence-corrected chi connectivity index (χ0v) is 15.7. The molecular formula is C22H27NO3. The van der Waals surface area contributed by atoms with Crippen molar-refractivity contribution in [3.8, 4) is 5.75 Å². The van der Waals surface area contributed by atoms with Crippen LogP contribution in [0.2, 0.25) is 0 Å². The zero-order chi connectivity index (χ0) is 18.6. The summed E-state index contributed by atoms with van der Waals surface area (Å²) >= 11 is 0. The van der Waals surface area contributed by atoms with E-state index in [2.05, 4.69) is 32.9 Å². The largest absolute Gasteiger partial charge is 0.415 e. The molecule has 1 amide bonds. The molecule has 0 aliphatic carbocycles. The third-order valence-electron chi connectivity index (χ3n) is 4.92. The van der Waals surface area contributed by atoms with Crippen LogP contribution in [0.5, 0.6) is 5.75 Å². The van der Waals surface area contributed by atoms with E-state index < -0.39 is 0 Å². The molecule has 1 fully saturated rings. The first-order valence-electron chi connectivity index (χ1n) is 9.20. The van der Waals surface area contributed by atoms with E-state index in [9.17, 15) is 4.79 Å². The summed E-state index contributed by atoms with van der Waals surface area (Å²) in [7, 11) is 0. The van der Waals surface area contributed by atoms with E-state index in [1.54, 1.807) is 12.1 Å². The lowest BCUT2D eigenvalue weighted by Gasteiger charge is -2.43. The molecule has 1 saturated heterocycles. The molecule has 0 aromatic heterocycles. The lowest BCUT2D eigenvalue weighted by molar-refractivity contribution is -0.0830. The molecule has 4 heteroatoms. The first-order chi connectivity index (χ1) is 12.5. The lowest BCUT2D eigenvalue weighted by atomic mass is 9.91. The third kappa shape index (κ3) is 4.44. The van der Waals surface area contributed by atoms with E-state index in [-0.39, 0.29) is 23.8 Å². The number of ether oxygens (including phenoxy) is 2. The molecule has 26 heavy (non-hydrogen) atoms. The summed E-state index contributed by atoms with van der Waals surface area (Å²) in [5, 5.41) is 0. The van der Waals surface area contributed by atoms with E-state index in [1.165, 1.54) is 0 Å². The number of hydrogen-bond acceptors (Lipinski definition) is 3. The fourth-order valence-corrected chi connectivity index (χ4v) is 3.59. The Labute approximate surface area is 155 Å².